The van der Waals surface area contributed by atoms with Crippen LogP contribution in [0, 0.1) is 50.2 Å². The van der Waals surface area contributed by atoms with E-state index in [1.807, 2.05) is 18.2 Å². The Morgan fingerprint density at radius 3 is 2.12 bits per heavy atom. The maximum atomic E-state index is 14.5. The number of allylic oxidation sites excluding steroid dienone is 2. The zero-order valence-electron chi connectivity index (χ0n) is 31.4. The summed E-state index contributed by atoms with van der Waals surface area (Å²) in [6.45, 7) is 21.9. The van der Waals surface area contributed by atoms with Gasteiger partial charge in [-0.3, -0.25) is 9.59 Å². The second-order valence-corrected chi connectivity index (χ2v) is 19.9. The number of anilines is 1. The Labute approximate surface area is 305 Å². The van der Waals surface area contributed by atoms with Gasteiger partial charge in [-0.15, -0.1) is 0 Å². The zero-order chi connectivity index (χ0) is 35.4. The van der Waals surface area contributed by atoms with Crippen LogP contribution in [0.15, 0.2) is 29.8 Å². The lowest BCUT2D eigenvalue weighted by atomic mass is 9.33. The lowest BCUT2D eigenvalue weighted by molar-refractivity contribution is -0.229. The number of carbonyl (C=O) groups excluding carboxylic acids is 2. The number of rotatable bonds is 3. The predicted molar refractivity (Wildman–Crippen MR) is 200 cm³/mol. The SMILES string of the molecule is CC(=O)OC1CCC(C)(C)C2CC[C@]3(C)C(CC=C4[C@@H]5CC(C)(C(=O)N6CCN(c7c(Cl)cccc7Cl)CC6)CC[C@]5(C)CC[C@]43C)[C@@]12C. The molecular weight excluding hydrogens is 651 g/mol. The quantitative estimate of drug-likeness (QED) is 0.231. The fourth-order valence-electron chi connectivity index (χ4n) is 13.2. The normalized spacial score (nSPS) is 42.9. The van der Waals surface area contributed by atoms with Gasteiger partial charge in [-0.2, -0.15) is 0 Å². The predicted octanol–water partition coefficient (Wildman–Crippen LogP) is 10.4. The van der Waals surface area contributed by atoms with Gasteiger partial charge in [0.15, 0.2) is 0 Å². The average Bonchev–Trinajstić information content (AvgIpc) is 3.03. The minimum Gasteiger partial charge on any atom is -0.462 e. The minimum atomic E-state index is -0.372. The number of piperazine rings is 1. The molecule has 1 amide bonds. The van der Waals surface area contributed by atoms with Gasteiger partial charge in [0.25, 0.3) is 0 Å². The van der Waals surface area contributed by atoms with Crippen molar-refractivity contribution in [2.45, 2.75) is 126 Å². The van der Waals surface area contributed by atoms with E-state index in [1.54, 1.807) is 12.5 Å². The molecule has 0 spiro atoms. The maximum absolute atomic E-state index is 14.5. The first-order valence-electron chi connectivity index (χ1n) is 19.3. The van der Waals surface area contributed by atoms with Crippen LogP contribution < -0.4 is 4.90 Å². The van der Waals surface area contributed by atoms with Crippen LogP contribution in [0.25, 0.3) is 0 Å². The number of ether oxygens (including phenoxy) is 1. The zero-order valence-corrected chi connectivity index (χ0v) is 32.9. The molecule has 0 N–H and O–H groups in total. The third-order valence-corrected chi connectivity index (χ3v) is 17.0. The fourth-order valence-corrected chi connectivity index (χ4v) is 13.8. The summed E-state index contributed by atoms with van der Waals surface area (Å²) >= 11 is 13.1. The first kappa shape index (κ1) is 35.7. The Hall–Kier alpha value is -1.72. The van der Waals surface area contributed by atoms with E-state index in [0.717, 1.165) is 57.3 Å². The molecule has 1 aromatic carbocycles. The van der Waals surface area contributed by atoms with E-state index in [-0.39, 0.29) is 44.6 Å². The summed E-state index contributed by atoms with van der Waals surface area (Å²) in [5.41, 5.74) is 2.75. The van der Waals surface area contributed by atoms with Gasteiger partial charge in [-0.1, -0.05) is 89.4 Å². The van der Waals surface area contributed by atoms with Crippen LogP contribution in [0.2, 0.25) is 10.0 Å². The molecular formula is C42H60Cl2N2O3. The lowest BCUT2D eigenvalue weighted by Crippen LogP contribution is -2.66. The number of carbonyl (C=O) groups is 2. The van der Waals surface area contributed by atoms with Gasteiger partial charge >= 0.3 is 5.97 Å². The molecule has 1 aromatic rings. The number of nitrogens with zero attached hydrogens (tertiary/aromatic N) is 2. The van der Waals surface area contributed by atoms with E-state index in [2.05, 4.69) is 64.3 Å². The minimum absolute atomic E-state index is 0.0231. The van der Waals surface area contributed by atoms with E-state index >= 15 is 0 Å². The molecule has 270 valence electrons. The number of hydrogen-bond acceptors (Lipinski definition) is 4. The molecule has 4 saturated carbocycles. The standard InChI is InChI=1S/C42H60Cl2N2O3/c1-27(47)49-34-15-16-37(2,3)32-14-17-41(7)33(42(32,34)8)13-12-28-29-26-39(5,19-18-38(29,4)20-21-40(28,41)6)36(48)46-24-22-45(23-25-46)35-30(43)10-9-11-31(35)44/h9-12,29,32-34H,13-26H2,1-8H3/t29-,32?,33?,34?,38+,39?,40+,41+,42-/m0/s1. The van der Waals surface area contributed by atoms with Crippen LogP contribution in [0.3, 0.4) is 0 Å². The van der Waals surface area contributed by atoms with E-state index in [4.69, 9.17) is 27.9 Å². The van der Waals surface area contributed by atoms with Gasteiger partial charge < -0.3 is 14.5 Å². The van der Waals surface area contributed by atoms with E-state index in [0.29, 0.717) is 46.8 Å². The van der Waals surface area contributed by atoms with Gasteiger partial charge in [-0.05, 0) is 116 Å². The summed E-state index contributed by atoms with van der Waals surface area (Å²) in [5, 5.41) is 1.33. The highest BCUT2D eigenvalue weighted by molar-refractivity contribution is 6.39. The summed E-state index contributed by atoms with van der Waals surface area (Å²) in [7, 11) is 0. The van der Waals surface area contributed by atoms with Gasteiger partial charge in [-0.25, -0.2) is 0 Å². The molecule has 1 saturated heterocycles. The second kappa shape index (κ2) is 11.9. The Bertz CT molecular complexity index is 1530. The highest BCUT2D eigenvalue weighted by Crippen LogP contribution is 2.76. The van der Waals surface area contributed by atoms with Gasteiger partial charge in [0.05, 0.1) is 15.7 Å². The number of fused-ring (bicyclic) bond motifs is 7. The molecule has 0 aromatic heterocycles. The fraction of sp³-hybridized carbons (Fsp3) is 0.762. The van der Waals surface area contributed by atoms with Crippen molar-refractivity contribution in [3.05, 3.63) is 39.9 Å². The van der Waals surface area contributed by atoms with Crippen molar-refractivity contribution in [1.82, 2.24) is 4.90 Å². The molecule has 7 heteroatoms. The highest BCUT2D eigenvalue weighted by atomic mass is 35.5. The van der Waals surface area contributed by atoms with Crippen molar-refractivity contribution < 1.29 is 14.3 Å². The van der Waals surface area contributed by atoms with E-state index in [9.17, 15) is 9.59 Å². The molecule has 9 atom stereocenters. The summed E-state index contributed by atoms with van der Waals surface area (Å²) < 4.78 is 6.26. The van der Waals surface area contributed by atoms with E-state index < -0.39 is 0 Å². The van der Waals surface area contributed by atoms with Gasteiger partial charge in [0.1, 0.15) is 6.10 Å². The molecule has 5 nitrogen and oxygen atoms in total. The number of hydrogen-bond donors (Lipinski definition) is 0. The van der Waals surface area contributed by atoms with Crippen molar-refractivity contribution in [2.24, 2.45) is 50.2 Å². The molecule has 1 aliphatic heterocycles. The second-order valence-electron chi connectivity index (χ2n) is 19.1. The number of para-hydroxylation sites is 1. The Balaban J connectivity index is 1.16. The third-order valence-electron chi connectivity index (χ3n) is 16.3. The first-order valence-corrected chi connectivity index (χ1v) is 20.0. The third kappa shape index (κ3) is 5.27. The number of halogens is 2. The molecule has 0 bridgehead atoms. The van der Waals surface area contributed by atoms with Crippen molar-refractivity contribution in [3.63, 3.8) is 0 Å². The van der Waals surface area contributed by atoms with Crippen molar-refractivity contribution in [2.75, 3.05) is 31.1 Å². The van der Waals surface area contributed by atoms with Crippen LogP contribution >= 0.6 is 23.2 Å². The maximum Gasteiger partial charge on any atom is 0.302 e. The average molecular weight is 712 g/mol. The molecule has 1 heterocycles. The highest BCUT2D eigenvalue weighted by Gasteiger charge is 2.69. The van der Waals surface area contributed by atoms with E-state index in [1.165, 1.54) is 25.7 Å². The molecule has 5 fully saturated rings. The van der Waals surface area contributed by atoms with Crippen LogP contribution in [-0.2, 0) is 14.3 Å². The molecule has 7 rings (SSSR count). The van der Waals surface area contributed by atoms with Crippen molar-refractivity contribution in [1.29, 1.82) is 0 Å². The largest absolute Gasteiger partial charge is 0.462 e. The smallest absolute Gasteiger partial charge is 0.302 e. The summed E-state index contributed by atoms with van der Waals surface area (Å²) in [4.78, 5) is 31.4. The summed E-state index contributed by atoms with van der Waals surface area (Å²) in [6, 6.07) is 5.66. The number of amides is 1. The van der Waals surface area contributed by atoms with Gasteiger partial charge in [0.2, 0.25) is 5.91 Å². The van der Waals surface area contributed by atoms with Gasteiger partial charge in [0, 0.05) is 43.9 Å². The molecule has 6 aliphatic rings. The van der Waals surface area contributed by atoms with Crippen LogP contribution in [-0.4, -0.2) is 49.1 Å². The first-order chi connectivity index (χ1) is 22.9. The molecule has 0 radical (unpaired) electrons. The van der Waals surface area contributed by atoms with Crippen LogP contribution in [0.5, 0.6) is 0 Å². The summed E-state index contributed by atoms with van der Waals surface area (Å²) in [6.07, 6.45) is 13.6. The van der Waals surface area contributed by atoms with Crippen LogP contribution in [0.4, 0.5) is 5.69 Å². The molecule has 4 unspecified atom stereocenters. The number of esters is 1. The lowest BCUT2D eigenvalue weighted by Gasteiger charge is -2.71. The topological polar surface area (TPSA) is 49.9 Å². The molecule has 5 aliphatic carbocycles. The van der Waals surface area contributed by atoms with Crippen molar-refractivity contribution >= 4 is 40.8 Å². The Morgan fingerprint density at radius 1 is 0.816 bits per heavy atom. The molecule has 49 heavy (non-hydrogen) atoms. The Morgan fingerprint density at radius 2 is 1.47 bits per heavy atom. The monoisotopic (exact) mass is 710 g/mol. The summed E-state index contributed by atoms with van der Waals surface area (Å²) in [5.74, 6) is 1.60. The number of benzene rings is 1. The van der Waals surface area contributed by atoms with Crippen LogP contribution in [0.1, 0.15) is 120 Å². The Kier molecular flexibility index (Phi) is 8.67. The van der Waals surface area contributed by atoms with Crippen molar-refractivity contribution in [3.8, 4) is 0 Å².